The molecule has 1 aliphatic heterocycles. The monoisotopic (exact) mass is 876 g/mol. The highest BCUT2D eigenvalue weighted by Crippen LogP contribution is 2.30. The minimum Gasteiger partial charge on any atom is -0.489 e. The van der Waals surface area contributed by atoms with Gasteiger partial charge in [-0.05, 0) is 89.8 Å². The van der Waals surface area contributed by atoms with Crippen LogP contribution in [0.5, 0.6) is 5.75 Å². The number of carbonyl (C=O) groups excluding carboxylic acids is 3. The quantitative estimate of drug-likeness (QED) is 0.0363. The average molecular weight is 877 g/mol. The lowest BCUT2D eigenvalue weighted by atomic mass is 10.0. The molecule has 5 rings (SSSR count). The maximum atomic E-state index is 14.0. The number of nitrogens with two attached hydrogens (primary N) is 1. The molecular weight excluding hydrogens is 828 g/mol. The van der Waals surface area contributed by atoms with E-state index in [4.69, 9.17) is 41.1 Å². The Hall–Kier alpha value is -6.20. The van der Waals surface area contributed by atoms with E-state index >= 15 is 0 Å². The van der Waals surface area contributed by atoms with Crippen molar-refractivity contribution in [1.29, 1.82) is 0 Å². The molecule has 0 saturated carbocycles. The molecule has 4 aromatic rings. The molecule has 0 radical (unpaired) electrons. The summed E-state index contributed by atoms with van der Waals surface area (Å²) in [6.45, 7) is 11.0. The molecule has 1 atom stereocenters. The highest BCUT2D eigenvalue weighted by molar-refractivity contribution is 7.20. The molecule has 16 nitrogen and oxygen atoms in total. The summed E-state index contributed by atoms with van der Waals surface area (Å²) in [5.41, 5.74) is 5.86. The molecule has 2 amide bonds. The summed E-state index contributed by atoms with van der Waals surface area (Å²) in [6.07, 6.45) is -2.42. The molecule has 0 aliphatic carbocycles. The van der Waals surface area contributed by atoms with Crippen LogP contribution >= 0.6 is 22.9 Å². The van der Waals surface area contributed by atoms with Gasteiger partial charge in [-0.3, -0.25) is 10.3 Å². The van der Waals surface area contributed by atoms with Crippen LogP contribution < -0.4 is 15.8 Å². The zero-order chi connectivity index (χ0) is 44.3. The number of likely N-dealkylation sites (tertiary alicyclic amines) is 1. The molecule has 1 saturated heterocycles. The van der Waals surface area contributed by atoms with E-state index in [2.05, 4.69) is 20.4 Å². The second kappa shape index (κ2) is 20.4. The Balaban J connectivity index is 1.33. The van der Waals surface area contributed by atoms with Crippen LogP contribution in [0.25, 0.3) is 0 Å². The number of hydrogen-bond acceptors (Lipinski definition) is 13. The zero-order valence-electron chi connectivity index (χ0n) is 34.6. The highest BCUT2D eigenvalue weighted by atomic mass is 35.5. The summed E-state index contributed by atoms with van der Waals surface area (Å²) in [4.78, 5) is 67.4. The van der Waals surface area contributed by atoms with Crippen LogP contribution in [0, 0.1) is 0 Å². The molecule has 324 valence electrons. The number of thiazole rings is 1. The second-order valence-corrected chi connectivity index (χ2v) is 17.4. The Morgan fingerprint density at radius 1 is 0.902 bits per heavy atom. The van der Waals surface area contributed by atoms with E-state index in [1.165, 1.54) is 0 Å². The van der Waals surface area contributed by atoms with Gasteiger partial charge < -0.3 is 39.5 Å². The number of esters is 1. The van der Waals surface area contributed by atoms with Gasteiger partial charge in [-0.25, -0.2) is 24.2 Å². The van der Waals surface area contributed by atoms with Gasteiger partial charge in [0, 0.05) is 18.7 Å². The number of aliphatic carboxylic acids is 1. The predicted molar refractivity (Wildman–Crippen MR) is 230 cm³/mol. The van der Waals surface area contributed by atoms with E-state index < -0.39 is 53.8 Å². The van der Waals surface area contributed by atoms with E-state index in [0.717, 1.165) is 11.3 Å². The van der Waals surface area contributed by atoms with Gasteiger partial charge >= 0.3 is 24.1 Å². The fraction of sp³-hybridized carbons (Fsp3) is 0.372. The smallest absolute Gasteiger partial charge is 0.413 e. The molecule has 0 bridgehead atoms. The Morgan fingerprint density at radius 3 is 2.02 bits per heavy atom. The van der Waals surface area contributed by atoms with Crippen molar-refractivity contribution in [2.75, 3.05) is 25.0 Å². The molecule has 1 aliphatic rings. The molecule has 2 heterocycles. The van der Waals surface area contributed by atoms with Gasteiger partial charge in [-0.1, -0.05) is 88.8 Å². The number of aliphatic imine (C=N–C) groups is 1. The lowest BCUT2D eigenvalue weighted by Crippen LogP contribution is -2.42. The van der Waals surface area contributed by atoms with Gasteiger partial charge in [-0.2, -0.15) is 0 Å². The van der Waals surface area contributed by atoms with Crippen molar-refractivity contribution in [3.8, 4) is 5.75 Å². The maximum Gasteiger partial charge on any atom is 0.413 e. The SMILES string of the molecule is CC(C)(C)OC(=O)Nc1nc(/C(=N/OC(COc2ccc(C(N)=NC3CCN(C(=O)OC(C)(C)C)CC3)cc2)C(=O)OC(c2ccccc2)c2ccccc2)C(=O)O)c(Cl)s1. The highest BCUT2D eigenvalue weighted by Gasteiger charge is 2.31. The van der Waals surface area contributed by atoms with Crippen molar-refractivity contribution in [2.45, 2.75) is 83.8 Å². The number of nitrogens with zero attached hydrogens (tertiary/aromatic N) is 4. The van der Waals surface area contributed by atoms with Gasteiger partial charge in [0.15, 0.2) is 11.2 Å². The van der Waals surface area contributed by atoms with Crippen LogP contribution in [0.15, 0.2) is 95.1 Å². The number of oxime groups is 1. The number of carboxylic acid groups (broad SMARTS) is 1. The van der Waals surface area contributed by atoms with Crippen LogP contribution in [0.2, 0.25) is 4.34 Å². The molecule has 18 heteroatoms. The van der Waals surface area contributed by atoms with Crippen molar-refractivity contribution < 1.29 is 48.1 Å². The first-order chi connectivity index (χ1) is 28.8. The van der Waals surface area contributed by atoms with Gasteiger partial charge in [0.2, 0.25) is 5.71 Å². The third-order valence-electron chi connectivity index (χ3n) is 8.58. The topological polar surface area (TPSA) is 214 Å². The fourth-order valence-corrected chi connectivity index (χ4v) is 6.81. The third kappa shape index (κ3) is 13.9. The van der Waals surface area contributed by atoms with E-state index in [1.54, 1.807) is 98.5 Å². The number of rotatable bonds is 14. The summed E-state index contributed by atoms with van der Waals surface area (Å²) in [5.74, 6) is -1.89. The van der Waals surface area contributed by atoms with E-state index in [9.17, 15) is 24.3 Å². The molecular formula is C43H49ClN6O10S. The van der Waals surface area contributed by atoms with E-state index in [1.807, 2.05) is 32.9 Å². The van der Waals surface area contributed by atoms with Crippen LogP contribution in [-0.2, 0) is 28.6 Å². The Labute approximate surface area is 362 Å². The average Bonchev–Trinajstić information content (AvgIpc) is 3.55. The number of nitrogens with one attached hydrogen (secondary N) is 1. The predicted octanol–water partition coefficient (Wildman–Crippen LogP) is 7.83. The fourth-order valence-electron chi connectivity index (χ4n) is 5.78. The third-order valence-corrected chi connectivity index (χ3v) is 9.75. The summed E-state index contributed by atoms with van der Waals surface area (Å²) in [7, 11) is 0. The first kappa shape index (κ1) is 45.9. The lowest BCUT2D eigenvalue weighted by molar-refractivity contribution is -0.163. The van der Waals surface area contributed by atoms with Crippen molar-refractivity contribution in [1.82, 2.24) is 9.88 Å². The molecule has 0 spiro atoms. The Morgan fingerprint density at radius 2 is 1.48 bits per heavy atom. The number of amides is 2. The largest absolute Gasteiger partial charge is 0.489 e. The first-order valence-electron chi connectivity index (χ1n) is 19.3. The van der Waals surface area contributed by atoms with E-state index in [0.29, 0.717) is 54.2 Å². The first-order valence-corrected chi connectivity index (χ1v) is 20.5. The number of carbonyl (C=O) groups is 4. The number of amidine groups is 1. The summed E-state index contributed by atoms with van der Waals surface area (Å²) >= 11 is 7.13. The van der Waals surface area contributed by atoms with Crippen molar-refractivity contribution >= 4 is 63.7 Å². The van der Waals surface area contributed by atoms with Crippen molar-refractivity contribution in [2.24, 2.45) is 15.9 Å². The molecule has 3 aromatic carbocycles. The van der Waals surface area contributed by atoms with E-state index in [-0.39, 0.29) is 27.3 Å². The van der Waals surface area contributed by atoms with Crippen LogP contribution in [0.4, 0.5) is 14.7 Å². The van der Waals surface area contributed by atoms with Crippen LogP contribution in [0.3, 0.4) is 0 Å². The van der Waals surface area contributed by atoms with Gasteiger partial charge in [-0.15, -0.1) is 0 Å². The Kier molecular flexibility index (Phi) is 15.3. The zero-order valence-corrected chi connectivity index (χ0v) is 36.2. The van der Waals surface area contributed by atoms with Gasteiger partial charge in [0.05, 0.1) is 6.04 Å². The lowest BCUT2D eigenvalue weighted by Gasteiger charge is -2.32. The molecule has 4 N–H and O–H groups in total. The number of carboxylic acids is 1. The van der Waals surface area contributed by atoms with Crippen LogP contribution in [0.1, 0.15) is 82.9 Å². The Bertz CT molecular complexity index is 2160. The van der Waals surface area contributed by atoms with Gasteiger partial charge in [0.25, 0.3) is 6.10 Å². The number of ether oxygens (including phenoxy) is 4. The summed E-state index contributed by atoms with van der Waals surface area (Å²) in [6, 6.07) is 24.7. The summed E-state index contributed by atoms with van der Waals surface area (Å²) in [5, 5.41) is 16.3. The second-order valence-electron chi connectivity index (χ2n) is 15.8. The molecule has 61 heavy (non-hydrogen) atoms. The number of hydrogen-bond donors (Lipinski definition) is 3. The number of piperidine rings is 1. The molecule has 1 unspecified atom stereocenters. The normalized spacial score (nSPS) is 14.5. The number of anilines is 1. The summed E-state index contributed by atoms with van der Waals surface area (Å²) < 4.78 is 22.6. The van der Waals surface area contributed by atoms with Gasteiger partial charge in [0.1, 0.15) is 39.4 Å². The number of benzene rings is 3. The molecule has 1 aromatic heterocycles. The van der Waals surface area contributed by atoms with Crippen molar-refractivity contribution in [3.05, 3.63) is 112 Å². The minimum atomic E-state index is -1.61. The maximum absolute atomic E-state index is 14.0. The number of aromatic nitrogens is 1. The van der Waals surface area contributed by atoms with Crippen molar-refractivity contribution in [3.63, 3.8) is 0 Å². The molecule has 1 fully saturated rings. The standard InChI is InChI=1S/C43H49ClN6O10S/c1-42(2,3)58-40(54)48-39-47-32(35(44)61-39)33(37(51)52)49-60-31(38(53)57-34(26-13-9-7-10-14-26)27-15-11-8-12-16-27)25-56-30-19-17-28(18-20-30)36(45)46-29-21-23-50(24-22-29)41(55)59-43(4,5)6/h7-20,29,31,34H,21-25H2,1-6H3,(H2,45,46)(H,51,52)(H,47,48,54)/b49-33-. The minimum absolute atomic E-state index is 0.0613. The number of halogens is 1. The van der Waals surface area contributed by atoms with Crippen LogP contribution in [-0.4, -0.2) is 93.7 Å².